The number of rotatable bonds is 10. The van der Waals surface area contributed by atoms with Crippen LogP contribution in [-0.2, 0) is 21.7 Å². The highest BCUT2D eigenvalue weighted by Gasteiger charge is 2.34. The predicted molar refractivity (Wildman–Crippen MR) is 110 cm³/mol. The standard InChI is InChI=1S/C20H29N3O4S/c1-14(10-16-6-8-17(9-7-16)27-11-19(24)21-3)23(4)13-20(25,26-5)18-12-28-15(2)22-18/h6-9,12,14,25H,10-11,13H2,1-5H3,(H,21,24). The first-order valence-electron chi connectivity index (χ1n) is 9.10. The number of hydrogen-bond acceptors (Lipinski definition) is 7. The van der Waals surface area contributed by atoms with E-state index in [2.05, 4.69) is 17.2 Å². The molecule has 0 fully saturated rings. The summed E-state index contributed by atoms with van der Waals surface area (Å²) in [5.41, 5.74) is 1.67. The lowest BCUT2D eigenvalue weighted by Crippen LogP contribution is -2.45. The van der Waals surface area contributed by atoms with E-state index in [1.54, 1.807) is 7.05 Å². The maximum absolute atomic E-state index is 11.2. The molecule has 0 saturated heterocycles. The van der Waals surface area contributed by atoms with E-state index in [1.807, 2.05) is 48.5 Å². The van der Waals surface area contributed by atoms with Crippen molar-refractivity contribution in [3.8, 4) is 5.75 Å². The number of amides is 1. The fourth-order valence-electron chi connectivity index (χ4n) is 2.73. The monoisotopic (exact) mass is 407 g/mol. The van der Waals surface area contributed by atoms with Gasteiger partial charge in [0.05, 0.1) is 11.6 Å². The summed E-state index contributed by atoms with van der Waals surface area (Å²) < 4.78 is 10.8. The number of benzene rings is 1. The summed E-state index contributed by atoms with van der Waals surface area (Å²) in [6, 6.07) is 7.84. The number of hydrogen-bond donors (Lipinski definition) is 2. The van der Waals surface area contributed by atoms with Gasteiger partial charge in [0.15, 0.2) is 6.61 Å². The van der Waals surface area contributed by atoms with E-state index in [-0.39, 0.29) is 18.6 Å². The van der Waals surface area contributed by atoms with E-state index in [9.17, 15) is 9.90 Å². The molecule has 2 unspecified atom stereocenters. The maximum atomic E-state index is 11.2. The molecule has 1 aromatic carbocycles. The van der Waals surface area contributed by atoms with Gasteiger partial charge in [-0.05, 0) is 45.0 Å². The van der Waals surface area contributed by atoms with Crippen LogP contribution in [-0.4, -0.2) is 61.3 Å². The highest BCUT2D eigenvalue weighted by molar-refractivity contribution is 7.09. The van der Waals surface area contributed by atoms with Gasteiger partial charge < -0.3 is 19.9 Å². The molecular weight excluding hydrogens is 378 g/mol. The molecule has 1 heterocycles. The Morgan fingerprint density at radius 2 is 2.07 bits per heavy atom. The second-order valence-corrected chi connectivity index (χ2v) is 7.88. The van der Waals surface area contributed by atoms with Crippen LogP contribution in [0.2, 0.25) is 0 Å². The van der Waals surface area contributed by atoms with E-state index in [0.29, 0.717) is 18.0 Å². The first-order chi connectivity index (χ1) is 13.3. The Bertz CT molecular complexity index is 765. The van der Waals surface area contributed by atoms with Crippen molar-refractivity contribution in [3.05, 3.63) is 45.9 Å². The van der Waals surface area contributed by atoms with Crippen LogP contribution in [0, 0.1) is 6.92 Å². The molecule has 7 nitrogen and oxygen atoms in total. The third-order valence-corrected chi connectivity index (χ3v) is 5.45. The number of aryl methyl sites for hydroxylation is 1. The van der Waals surface area contributed by atoms with Gasteiger partial charge in [0.25, 0.3) is 5.91 Å². The molecule has 2 N–H and O–H groups in total. The van der Waals surface area contributed by atoms with Crippen molar-refractivity contribution in [2.75, 3.05) is 34.4 Å². The normalized spacial score (nSPS) is 14.5. The number of ether oxygens (including phenoxy) is 2. The number of aliphatic hydroxyl groups is 1. The molecule has 0 bridgehead atoms. The average molecular weight is 408 g/mol. The van der Waals surface area contributed by atoms with Gasteiger partial charge in [0, 0.05) is 25.6 Å². The zero-order valence-corrected chi connectivity index (χ0v) is 17.9. The van der Waals surface area contributed by atoms with Gasteiger partial charge in [-0.1, -0.05) is 12.1 Å². The van der Waals surface area contributed by atoms with Crippen LogP contribution in [0.5, 0.6) is 5.75 Å². The molecule has 2 atom stereocenters. The van der Waals surface area contributed by atoms with Crippen molar-refractivity contribution < 1.29 is 19.4 Å². The smallest absolute Gasteiger partial charge is 0.257 e. The molecule has 0 saturated carbocycles. The van der Waals surface area contributed by atoms with Crippen LogP contribution < -0.4 is 10.1 Å². The van der Waals surface area contributed by atoms with Crippen molar-refractivity contribution >= 4 is 17.2 Å². The third-order valence-electron chi connectivity index (χ3n) is 4.68. The molecule has 1 amide bonds. The van der Waals surface area contributed by atoms with Crippen LogP contribution in [0.3, 0.4) is 0 Å². The van der Waals surface area contributed by atoms with Gasteiger partial charge in [-0.15, -0.1) is 11.3 Å². The summed E-state index contributed by atoms with van der Waals surface area (Å²) in [7, 11) is 5.02. The SMILES string of the molecule is CNC(=O)COc1ccc(CC(C)N(C)CC(O)(OC)c2csc(C)n2)cc1. The topological polar surface area (TPSA) is 83.9 Å². The minimum atomic E-state index is -1.44. The Kier molecular flexibility index (Phi) is 7.94. The molecule has 154 valence electrons. The average Bonchev–Trinajstić information content (AvgIpc) is 3.14. The van der Waals surface area contributed by atoms with Gasteiger partial charge in [-0.2, -0.15) is 0 Å². The minimum Gasteiger partial charge on any atom is -0.484 e. The van der Waals surface area contributed by atoms with E-state index in [0.717, 1.165) is 17.0 Å². The number of carbonyl (C=O) groups is 1. The number of nitrogens with zero attached hydrogens (tertiary/aromatic N) is 2. The Balaban J connectivity index is 1.94. The molecule has 8 heteroatoms. The van der Waals surface area contributed by atoms with Crippen LogP contribution in [0.25, 0.3) is 0 Å². The molecule has 1 aromatic heterocycles. The van der Waals surface area contributed by atoms with Crippen LogP contribution in [0.4, 0.5) is 0 Å². The molecule has 0 radical (unpaired) electrons. The van der Waals surface area contributed by atoms with Crippen LogP contribution in [0.1, 0.15) is 23.2 Å². The molecule has 0 aliphatic rings. The van der Waals surface area contributed by atoms with Crippen molar-refractivity contribution in [3.63, 3.8) is 0 Å². The number of methoxy groups -OCH3 is 1. The molecule has 28 heavy (non-hydrogen) atoms. The second kappa shape index (κ2) is 9.97. The van der Waals surface area contributed by atoms with Crippen molar-refractivity contribution in [1.29, 1.82) is 0 Å². The number of carbonyl (C=O) groups excluding carboxylic acids is 1. The zero-order chi connectivity index (χ0) is 20.7. The first kappa shape index (κ1) is 22.3. The molecule has 2 aromatic rings. The van der Waals surface area contributed by atoms with Gasteiger partial charge in [-0.3, -0.25) is 9.69 Å². The Hall–Kier alpha value is -2.00. The zero-order valence-electron chi connectivity index (χ0n) is 17.1. The highest BCUT2D eigenvalue weighted by Crippen LogP contribution is 2.25. The van der Waals surface area contributed by atoms with Crippen molar-refractivity contribution in [2.45, 2.75) is 32.1 Å². The molecule has 0 aliphatic heterocycles. The summed E-state index contributed by atoms with van der Waals surface area (Å²) in [6.45, 7) is 4.30. The minimum absolute atomic E-state index is 0.000675. The summed E-state index contributed by atoms with van der Waals surface area (Å²) >= 11 is 1.49. The highest BCUT2D eigenvalue weighted by atomic mass is 32.1. The van der Waals surface area contributed by atoms with Gasteiger partial charge in [0.2, 0.25) is 5.79 Å². The predicted octanol–water partition coefficient (Wildman–Crippen LogP) is 1.93. The lowest BCUT2D eigenvalue weighted by molar-refractivity contribution is -0.208. The summed E-state index contributed by atoms with van der Waals surface area (Å²) in [5.74, 6) is -0.952. The number of likely N-dealkylation sites (N-methyl/N-ethyl adjacent to an activating group) is 2. The largest absolute Gasteiger partial charge is 0.484 e. The van der Waals surface area contributed by atoms with Crippen molar-refractivity contribution in [1.82, 2.24) is 15.2 Å². The molecule has 2 rings (SSSR count). The number of aromatic nitrogens is 1. The Labute approximate surface area is 170 Å². The summed E-state index contributed by atoms with van der Waals surface area (Å²) in [5, 5.41) is 16.1. The van der Waals surface area contributed by atoms with Crippen LogP contribution in [0.15, 0.2) is 29.6 Å². The lowest BCUT2D eigenvalue weighted by Gasteiger charge is -2.33. The van der Waals surface area contributed by atoms with Crippen molar-refractivity contribution in [2.24, 2.45) is 0 Å². The fraction of sp³-hybridized carbons (Fsp3) is 0.500. The third kappa shape index (κ3) is 6.00. The molecule has 0 aliphatic carbocycles. The lowest BCUT2D eigenvalue weighted by atomic mass is 10.0. The Morgan fingerprint density at radius 1 is 1.39 bits per heavy atom. The van der Waals surface area contributed by atoms with Crippen LogP contribution >= 0.6 is 11.3 Å². The molecular formula is C20H29N3O4S. The second-order valence-electron chi connectivity index (χ2n) is 6.81. The number of thiazole rings is 1. The maximum Gasteiger partial charge on any atom is 0.257 e. The Morgan fingerprint density at radius 3 is 2.61 bits per heavy atom. The van der Waals surface area contributed by atoms with E-state index in [4.69, 9.17) is 9.47 Å². The van der Waals surface area contributed by atoms with Gasteiger partial charge in [0.1, 0.15) is 11.4 Å². The van der Waals surface area contributed by atoms with E-state index < -0.39 is 5.79 Å². The summed E-state index contributed by atoms with van der Waals surface area (Å²) in [4.78, 5) is 17.7. The quantitative estimate of drug-likeness (QED) is 0.586. The summed E-state index contributed by atoms with van der Waals surface area (Å²) in [6.07, 6.45) is 0.794. The molecule has 0 spiro atoms. The van der Waals surface area contributed by atoms with E-state index >= 15 is 0 Å². The van der Waals surface area contributed by atoms with E-state index in [1.165, 1.54) is 18.4 Å². The number of nitrogens with one attached hydrogen (secondary N) is 1. The fourth-order valence-corrected chi connectivity index (χ4v) is 3.40. The van der Waals surface area contributed by atoms with Gasteiger partial charge in [-0.25, -0.2) is 4.98 Å². The van der Waals surface area contributed by atoms with Gasteiger partial charge >= 0.3 is 0 Å². The first-order valence-corrected chi connectivity index (χ1v) is 9.98.